The molecule has 10 heteroatoms. The lowest BCUT2D eigenvalue weighted by molar-refractivity contribution is 0.0879. The molecular weight excluding hydrogens is 452 g/mol. The molecule has 0 saturated carbocycles. The molecule has 0 bridgehead atoms. The predicted molar refractivity (Wildman–Crippen MR) is 128 cm³/mol. The van der Waals surface area contributed by atoms with Crippen molar-refractivity contribution in [3.05, 3.63) is 87.7 Å². The van der Waals surface area contributed by atoms with E-state index < -0.39 is 29.0 Å². The largest absolute Gasteiger partial charge is 0.505 e. The van der Waals surface area contributed by atoms with Gasteiger partial charge in [0, 0.05) is 11.5 Å². The molecule has 2 heterocycles. The second-order valence-electron chi connectivity index (χ2n) is 7.77. The Kier molecular flexibility index (Phi) is 4.98. The summed E-state index contributed by atoms with van der Waals surface area (Å²) in [5, 5.41) is 17.0. The Morgan fingerprint density at radius 3 is 2.51 bits per heavy atom. The van der Waals surface area contributed by atoms with E-state index in [1.807, 2.05) is 0 Å². The number of pyridine rings is 1. The maximum absolute atomic E-state index is 13.2. The molecule has 174 valence electrons. The number of methoxy groups -OCH3 is 1. The Hall–Kier alpha value is -5.12. The fraction of sp³-hybridized carbons (Fsp3) is 0.0400. The zero-order valence-corrected chi connectivity index (χ0v) is 18.3. The van der Waals surface area contributed by atoms with Gasteiger partial charge < -0.3 is 20.9 Å². The van der Waals surface area contributed by atoms with E-state index in [-0.39, 0.29) is 28.2 Å². The lowest BCUT2D eigenvalue weighted by Gasteiger charge is -2.18. The molecule has 3 aromatic carbocycles. The van der Waals surface area contributed by atoms with Gasteiger partial charge >= 0.3 is 0 Å². The van der Waals surface area contributed by atoms with Crippen LogP contribution in [0.1, 0.15) is 31.1 Å². The number of amides is 3. The average Bonchev–Trinajstić information content (AvgIpc) is 3.13. The van der Waals surface area contributed by atoms with Gasteiger partial charge in [-0.05, 0) is 23.6 Å². The highest BCUT2D eigenvalue weighted by Gasteiger charge is 2.33. The third-order valence-corrected chi connectivity index (χ3v) is 5.77. The quantitative estimate of drug-likeness (QED) is 0.334. The van der Waals surface area contributed by atoms with E-state index in [1.54, 1.807) is 48.5 Å². The molecule has 10 nitrogen and oxygen atoms in total. The van der Waals surface area contributed by atoms with Crippen molar-refractivity contribution in [3.8, 4) is 17.2 Å². The SMILES string of the molecule is COc1ccccc1NC(=O)c1cc2ccccc2c(-n2c(N)c3c(cc2=O)C(=O)NC3=O)c1O. The number of fused-ring (bicyclic) bond motifs is 2. The van der Waals surface area contributed by atoms with Gasteiger partial charge in [0.25, 0.3) is 23.3 Å². The minimum atomic E-state index is -0.759. The minimum absolute atomic E-state index is 0.0919. The van der Waals surface area contributed by atoms with Crippen LogP contribution in [0, 0.1) is 0 Å². The van der Waals surface area contributed by atoms with Gasteiger partial charge in [-0.1, -0.05) is 36.4 Å². The Morgan fingerprint density at radius 1 is 1.03 bits per heavy atom. The number of hydrogen-bond donors (Lipinski definition) is 4. The summed E-state index contributed by atoms with van der Waals surface area (Å²) in [6.07, 6.45) is 0. The van der Waals surface area contributed by atoms with Crippen LogP contribution in [-0.4, -0.2) is 34.5 Å². The third-order valence-electron chi connectivity index (χ3n) is 5.77. The van der Waals surface area contributed by atoms with Crippen LogP contribution in [0.25, 0.3) is 16.5 Å². The molecule has 0 aliphatic carbocycles. The first-order chi connectivity index (χ1) is 16.8. The summed E-state index contributed by atoms with van der Waals surface area (Å²) in [5.74, 6) is -2.62. The van der Waals surface area contributed by atoms with Gasteiger partial charge in [-0.15, -0.1) is 0 Å². The summed E-state index contributed by atoms with van der Waals surface area (Å²) in [5.41, 5.74) is 5.24. The Labute approximate surface area is 197 Å². The summed E-state index contributed by atoms with van der Waals surface area (Å²) in [6, 6.07) is 15.9. The summed E-state index contributed by atoms with van der Waals surface area (Å²) in [4.78, 5) is 50.6. The lowest BCUT2D eigenvalue weighted by atomic mass is 10.0. The van der Waals surface area contributed by atoms with Crippen molar-refractivity contribution in [1.29, 1.82) is 0 Å². The van der Waals surface area contributed by atoms with Crippen LogP contribution in [-0.2, 0) is 0 Å². The molecule has 35 heavy (non-hydrogen) atoms. The fourth-order valence-corrected chi connectivity index (χ4v) is 4.16. The highest BCUT2D eigenvalue weighted by atomic mass is 16.5. The number of anilines is 2. The van der Waals surface area contributed by atoms with Gasteiger partial charge in [-0.2, -0.15) is 0 Å². The summed E-state index contributed by atoms with van der Waals surface area (Å²) in [7, 11) is 1.46. The first kappa shape index (κ1) is 21.7. The highest BCUT2D eigenvalue weighted by molar-refractivity contribution is 6.23. The number of benzene rings is 3. The number of aromatic nitrogens is 1. The Balaban J connectivity index is 1.75. The van der Waals surface area contributed by atoms with Gasteiger partial charge in [-0.3, -0.25) is 29.1 Å². The van der Waals surface area contributed by atoms with E-state index in [4.69, 9.17) is 10.5 Å². The Bertz CT molecular complexity index is 1640. The van der Waals surface area contributed by atoms with Crippen LogP contribution in [0.3, 0.4) is 0 Å². The molecule has 3 amide bonds. The Morgan fingerprint density at radius 2 is 1.74 bits per heavy atom. The van der Waals surface area contributed by atoms with Crippen LogP contribution >= 0.6 is 0 Å². The van der Waals surface area contributed by atoms with Crippen molar-refractivity contribution < 1.29 is 24.2 Å². The van der Waals surface area contributed by atoms with Gasteiger partial charge in [0.15, 0.2) is 5.75 Å². The topological polar surface area (TPSA) is 153 Å². The van der Waals surface area contributed by atoms with Crippen molar-refractivity contribution >= 4 is 40.0 Å². The molecule has 0 fully saturated rings. The monoisotopic (exact) mass is 470 g/mol. The highest BCUT2D eigenvalue weighted by Crippen LogP contribution is 2.37. The molecule has 0 spiro atoms. The fourth-order valence-electron chi connectivity index (χ4n) is 4.16. The number of rotatable bonds is 4. The minimum Gasteiger partial charge on any atom is -0.505 e. The normalized spacial score (nSPS) is 12.4. The van der Waals surface area contributed by atoms with Gasteiger partial charge in [0.2, 0.25) is 0 Å². The lowest BCUT2D eigenvalue weighted by Crippen LogP contribution is -2.25. The number of aromatic hydroxyl groups is 1. The van der Waals surface area contributed by atoms with Crippen LogP contribution in [0.2, 0.25) is 0 Å². The van der Waals surface area contributed by atoms with Crippen molar-refractivity contribution in [2.45, 2.75) is 0 Å². The standard InChI is InChI=1S/C25H18N4O6/c1-35-17-9-5-4-8-16(17)27-24(33)15-10-12-6-2-3-7-13(12)20(21(15)31)29-18(30)11-14-19(22(29)26)25(34)28-23(14)32/h2-11,31H,26H2,1H3,(H,27,33)(H,28,32,34). The summed E-state index contributed by atoms with van der Waals surface area (Å²) in [6.45, 7) is 0. The molecule has 1 aliphatic heterocycles. The first-order valence-corrected chi connectivity index (χ1v) is 10.4. The predicted octanol–water partition coefficient (Wildman–Crippen LogP) is 2.42. The van der Waals surface area contributed by atoms with E-state index in [1.165, 1.54) is 13.2 Å². The van der Waals surface area contributed by atoms with Gasteiger partial charge in [0.1, 0.15) is 17.3 Å². The zero-order chi connectivity index (χ0) is 24.9. The second-order valence-corrected chi connectivity index (χ2v) is 7.77. The number of nitrogens with one attached hydrogen (secondary N) is 2. The summed E-state index contributed by atoms with van der Waals surface area (Å²) >= 11 is 0. The van der Waals surface area contributed by atoms with Crippen molar-refractivity contribution in [2.75, 3.05) is 18.2 Å². The molecule has 1 aromatic heterocycles. The number of nitrogens with zero attached hydrogens (tertiary/aromatic N) is 1. The van der Waals surface area contributed by atoms with E-state index in [2.05, 4.69) is 10.6 Å². The number of phenolic OH excluding ortho intramolecular Hbond substituents is 1. The number of hydrogen-bond acceptors (Lipinski definition) is 7. The molecule has 0 unspecified atom stereocenters. The third kappa shape index (κ3) is 3.35. The molecule has 0 radical (unpaired) electrons. The first-order valence-electron chi connectivity index (χ1n) is 10.4. The number of carbonyl (C=O) groups excluding carboxylic acids is 3. The smallest absolute Gasteiger partial charge is 0.262 e. The van der Waals surface area contributed by atoms with Crippen LogP contribution in [0.5, 0.6) is 11.5 Å². The maximum atomic E-state index is 13.2. The van der Waals surface area contributed by atoms with E-state index in [0.29, 0.717) is 22.2 Å². The van der Waals surface area contributed by atoms with Gasteiger partial charge in [0.05, 0.1) is 29.5 Å². The number of nitrogens with two attached hydrogens (primary N) is 1. The number of para-hydroxylation sites is 2. The molecule has 5 rings (SSSR count). The molecule has 0 atom stereocenters. The molecule has 4 aromatic rings. The molecule has 0 saturated heterocycles. The van der Waals surface area contributed by atoms with Crippen LogP contribution in [0.15, 0.2) is 65.5 Å². The van der Waals surface area contributed by atoms with Crippen LogP contribution < -0.4 is 26.7 Å². The van der Waals surface area contributed by atoms with Crippen molar-refractivity contribution in [3.63, 3.8) is 0 Å². The van der Waals surface area contributed by atoms with E-state index in [9.17, 15) is 24.3 Å². The number of imide groups is 1. The number of phenols is 1. The molecular formula is C25H18N4O6. The van der Waals surface area contributed by atoms with Crippen molar-refractivity contribution in [2.24, 2.45) is 0 Å². The zero-order valence-electron chi connectivity index (χ0n) is 18.3. The number of carbonyl (C=O) groups is 3. The molecule has 1 aliphatic rings. The molecule has 5 N–H and O–H groups in total. The number of ether oxygens (including phenoxy) is 1. The summed E-state index contributed by atoms with van der Waals surface area (Å²) < 4.78 is 6.19. The maximum Gasteiger partial charge on any atom is 0.262 e. The second kappa shape index (κ2) is 8.03. The average molecular weight is 470 g/mol. The van der Waals surface area contributed by atoms with Gasteiger partial charge in [-0.25, -0.2) is 0 Å². The van der Waals surface area contributed by atoms with Crippen molar-refractivity contribution in [1.82, 2.24) is 9.88 Å². The van der Waals surface area contributed by atoms with E-state index in [0.717, 1.165) is 10.6 Å². The number of nitrogen functional groups attached to an aromatic ring is 1. The van der Waals surface area contributed by atoms with E-state index >= 15 is 0 Å². The van der Waals surface area contributed by atoms with Crippen LogP contribution in [0.4, 0.5) is 11.5 Å².